The van der Waals surface area contributed by atoms with Gasteiger partial charge in [-0.25, -0.2) is 0 Å². The first kappa shape index (κ1) is 14.8. The second-order valence-electron chi connectivity index (χ2n) is 3.58. The van der Waals surface area contributed by atoms with Gasteiger partial charge in [0.2, 0.25) is 5.91 Å². The van der Waals surface area contributed by atoms with Crippen molar-refractivity contribution < 1.29 is 4.79 Å². The maximum Gasteiger partial charge on any atom is 0.233 e. The lowest BCUT2D eigenvalue weighted by Crippen LogP contribution is -2.34. The van der Waals surface area contributed by atoms with Gasteiger partial charge in [0.15, 0.2) is 0 Å². The Bertz CT molecular complexity index is 154. The lowest BCUT2D eigenvalue weighted by atomic mass is 10.2. The van der Waals surface area contributed by atoms with Crippen molar-refractivity contribution >= 4 is 17.7 Å². The third kappa shape index (κ3) is 11.7. The van der Waals surface area contributed by atoms with Crippen LogP contribution in [0.1, 0.15) is 32.6 Å². The average molecular weight is 232 g/mol. The molecule has 0 aromatic heterocycles. The highest BCUT2D eigenvalue weighted by Gasteiger charge is 1.97. The van der Waals surface area contributed by atoms with E-state index in [0.29, 0.717) is 6.54 Å². The van der Waals surface area contributed by atoms with E-state index in [-0.39, 0.29) is 5.91 Å². The Balaban J connectivity index is 3.06. The summed E-state index contributed by atoms with van der Waals surface area (Å²) in [6.45, 7) is 4.25. The second-order valence-corrected chi connectivity index (χ2v) is 4.57. The largest absolute Gasteiger partial charge is 0.355 e. The zero-order valence-corrected chi connectivity index (χ0v) is 10.8. The molecule has 4 heteroatoms. The van der Waals surface area contributed by atoms with Gasteiger partial charge >= 0.3 is 0 Å². The molecule has 0 aliphatic carbocycles. The molecule has 0 fully saturated rings. The van der Waals surface area contributed by atoms with Crippen LogP contribution in [0.5, 0.6) is 0 Å². The second kappa shape index (κ2) is 11.9. The third-order valence-corrected chi connectivity index (χ3v) is 2.76. The van der Waals surface area contributed by atoms with E-state index < -0.39 is 0 Å². The fourth-order valence-electron chi connectivity index (χ4n) is 1.20. The van der Waals surface area contributed by atoms with Crippen molar-refractivity contribution in [1.82, 2.24) is 10.6 Å². The Kier molecular flexibility index (Phi) is 11.7. The molecule has 0 rings (SSSR count). The summed E-state index contributed by atoms with van der Waals surface area (Å²) in [6, 6.07) is 0. The highest BCUT2D eigenvalue weighted by Crippen LogP contribution is 2.00. The lowest BCUT2D eigenvalue weighted by molar-refractivity contribution is -0.120. The molecule has 0 radical (unpaired) electrons. The van der Waals surface area contributed by atoms with Crippen molar-refractivity contribution in [3.63, 3.8) is 0 Å². The first-order valence-corrected chi connectivity index (χ1v) is 7.17. The highest BCUT2D eigenvalue weighted by molar-refractivity contribution is 7.98. The Morgan fingerprint density at radius 2 is 2.00 bits per heavy atom. The van der Waals surface area contributed by atoms with Crippen LogP contribution in [0.2, 0.25) is 0 Å². The molecule has 3 nitrogen and oxygen atoms in total. The molecule has 0 atom stereocenters. The van der Waals surface area contributed by atoms with Gasteiger partial charge in [0.25, 0.3) is 0 Å². The van der Waals surface area contributed by atoms with Gasteiger partial charge in [0, 0.05) is 6.54 Å². The standard InChI is InChI=1S/C11H24N2OS/c1-3-7-13-11(14)10-12-8-5-4-6-9-15-2/h12H,3-10H2,1-2H3,(H,13,14). The minimum Gasteiger partial charge on any atom is -0.355 e. The summed E-state index contributed by atoms with van der Waals surface area (Å²) in [5, 5.41) is 5.99. The molecule has 0 aliphatic rings. The van der Waals surface area contributed by atoms with Gasteiger partial charge in [-0.2, -0.15) is 11.8 Å². The van der Waals surface area contributed by atoms with Gasteiger partial charge in [-0.05, 0) is 37.8 Å². The lowest BCUT2D eigenvalue weighted by Gasteiger charge is -2.05. The number of amides is 1. The van der Waals surface area contributed by atoms with E-state index in [2.05, 4.69) is 23.8 Å². The van der Waals surface area contributed by atoms with Crippen LogP contribution < -0.4 is 10.6 Å². The third-order valence-electron chi connectivity index (χ3n) is 2.06. The van der Waals surface area contributed by atoms with Crippen molar-refractivity contribution in [3.05, 3.63) is 0 Å². The molecule has 0 bridgehead atoms. The fraction of sp³-hybridized carbons (Fsp3) is 0.909. The molecule has 0 aromatic rings. The zero-order valence-electron chi connectivity index (χ0n) is 9.97. The van der Waals surface area contributed by atoms with E-state index in [1.54, 1.807) is 0 Å². The Morgan fingerprint density at radius 3 is 2.67 bits per heavy atom. The van der Waals surface area contributed by atoms with Gasteiger partial charge in [-0.15, -0.1) is 0 Å². The van der Waals surface area contributed by atoms with Crippen molar-refractivity contribution in [3.8, 4) is 0 Å². The number of hydrogen-bond acceptors (Lipinski definition) is 3. The average Bonchev–Trinajstić information content (AvgIpc) is 2.25. The summed E-state index contributed by atoms with van der Waals surface area (Å²) in [5.41, 5.74) is 0. The van der Waals surface area contributed by atoms with Crippen molar-refractivity contribution in [2.75, 3.05) is 31.6 Å². The molecule has 2 N–H and O–H groups in total. The van der Waals surface area contributed by atoms with Gasteiger partial charge in [-0.1, -0.05) is 13.3 Å². The van der Waals surface area contributed by atoms with Crippen LogP contribution in [0.4, 0.5) is 0 Å². The molecule has 0 unspecified atom stereocenters. The molecule has 15 heavy (non-hydrogen) atoms. The Labute approximate surface area is 97.8 Å². The maximum atomic E-state index is 11.2. The monoisotopic (exact) mass is 232 g/mol. The predicted octanol–water partition coefficient (Wildman–Crippen LogP) is 1.64. The Morgan fingerprint density at radius 1 is 1.20 bits per heavy atom. The van der Waals surface area contributed by atoms with Gasteiger partial charge < -0.3 is 10.6 Å². The van der Waals surface area contributed by atoms with E-state index in [4.69, 9.17) is 0 Å². The fourth-order valence-corrected chi connectivity index (χ4v) is 1.69. The van der Waals surface area contributed by atoms with Crippen LogP contribution in [0.3, 0.4) is 0 Å². The SMILES string of the molecule is CCCNC(=O)CNCCCCCSC. The van der Waals surface area contributed by atoms with E-state index in [0.717, 1.165) is 19.5 Å². The van der Waals surface area contributed by atoms with Crippen LogP contribution >= 0.6 is 11.8 Å². The normalized spacial score (nSPS) is 10.3. The van der Waals surface area contributed by atoms with Crippen molar-refractivity contribution in [2.45, 2.75) is 32.6 Å². The summed E-state index contributed by atoms with van der Waals surface area (Å²) < 4.78 is 0. The van der Waals surface area contributed by atoms with Crippen molar-refractivity contribution in [1.29, 1.82) is 0 Å². The quantitative estimate of drug-likeness (QED) is 0.563. The van der Waals surface area contributed by atoms with Gasteiger partial charge in [0.05, 0.1) is 6.54 Å². The molecular weight excluding hydrogens is 208 g/mol. The van der Waals surface area contributed by atoms with E-state index in [1.807, 2.05) is 11.8 Å². The van der Waals surface area contributed by atoms with Crippen molar-refractivity contribution in [2.24, 2.45) is 0 Å². The summed E-state index contributed by atoms with van der Waals surface area (Å²) in [7, 11) is 0. The molecule has 0 aromatic carbocycles. The molecular formula is C11H24N2OS. The van der Waals surface area contributed by atoms with Crippen LogP contribution in [0.15, 0.2) is 0 Å². The number of rotatable bonds is 10. The number of carbonyl (C=O) groups is 1. The predicted molar refractivity (Wildman–Crippen MR) is 68.4 cm³/mol. The molecule has 0 saturated carbocycles. The summed E-state index contributed by atoms with van der Waals surface area (Å²) in [5.74, 6) is 1.36. The van der Waals surface area contributed by atoms with Gasteiger partial charge in [0.1, 0.15) is 0 Å². The van der Waals surface area contributed by atoms with Crippen LogP contribution in [-0.2, 0) is 4.79 Å². The maximum absolute atomic E-state index is 11.2. The number of nitrogens with one attached hydrogen (secondary N) is 2. The first-order valence-electron chi connectivity index (χ1n) is 5.77. The minimum absolute atomic E-state index is 0.112. The topological polar surface area (TPSA) is 41.1 Å². The zero-order chi connectivity index (χ0) is 11.4. The number of hydrogen-bond donors (Lipinski definition) is 2. The molecule has 90 valence electrons. The van der Waals surface area contributed by atoms with Gasteiger partial charge in [-0.3, -0.25) is 4.79 Å². The Hall–Kier alpha value is -0.220. The molecule has 0 heterocycles. The number of carbonyl (C=O) groups excluding carboxylic acids is 1. The first-order chi connectivity index (χ1) is 7.31. The molecule has 0 aliphatic heterocycles. The number of thioether (sulfide) groups is 1. The molecule has 0 spiro atoms. The summed E-state index contributed by atoms with van der Waals surface area (Å²) >= 11 is 1.89. The van der Waals surface area contributed by atoms with Crippen LogP contribution in [0, 0.1) is 0 Å². The van der Waals surface area contributed by atoms with E-state index in [9.17, 15) is 4.79 Å². The number of unbranched alkanes of at least 4 members (excludes halogenated alkanes) is 2. The summed E-state index contributed by atoms with van der Waals surface area (Å²) in [6.07, 6.45) is 6.84. The molecule has 0 saturated heterocycles. The minimum atomic E-state index is 0.112. The summed E-state index contributed by atoms with van der Waals surface area (Å²) in [4.78, 5) is 11.2. The highest BCUT2D eigenvalue weighted by atomic mass is 32.2. The van der Waals surface area contributed by atoms with E-state index >= 15 is 0 Å². The van der Waals surface area contributed by atoms with Crippen LogP contribution in [0.25, 0.3) is 0 Å². The smallest absolute Gasteiger partial charge is 0.233 e. The van der Waals surface area contributed by atoms with E-state index in [1.165, 1.54) is 25.0 Å². The molecule has 1 amide bonds. The van der Waals surface area contributed by atoms with Crippen LogP contribution in [-0.4, -0.2) is 37.6 Å².